The Labute approximate surface area is 180 Å². The second-order valence-electron chi connectivity index (χ2n) is 7.87. The van der Waals surface area contributed by atoms with Gasteiger partial charge in [-0.2, -0.15) is 0 Å². The van der Waals surface area contributed by atoms with E-state index in [2.05, 4.69) is 62.1 Å². The van der Waals surface area contributed by atoms with Gasteiger partial charge in [-0.05, 0) is 49.4 Å². The average molecular weight is 423 g/mol. The number of aromatic nitrogens is 1. The zero-order valence-corrected chi connectivity index (χ0v) is 17.8. The van der Waals surface area contributed by atoms with Crippen molar-refractivity contribution < 1.29 is 9.32 Å². The number of hydrogen-bond acceptors (Lipinski definition) is 6. The van der Waals surface area contributed by atoms with Gasteiger partial charge >= 0.3 is 0 Å². The van der Waals surface area contributed by atoms with E-state index in [0.717, 1.165) is 68.9 Å². The Hall–Kier alpha value is -2.64. The average Bonchev–Trinajstić information content (AvgIpc) is 3.44. The van der Waals surface area contributed by atoms with Gasteiger partial charge in [-0.3, -0.25) is 9.69 Å². The second kappa shape index (κ2) is 8.62. The van der Waals surface area contributed by atoms with Crippen LogP contribution in [0.15, 0.2) is 46.3 Å². The van der Waals surface area contributed by atoms with Gasteiger partial charge in [0.05, 0.1) is 0 Å². The molecule has 6 nitrogen and oxygen atoms in total. The van der Waals surface area contributed by atoms with E-state index < -0.39 is 0 Å². The molecule has 0 radical (unpaired) electrons. The van der Waals surface area contributed by atoms with Gasteiger partial charge in [0.1, 0.15) is 0 Å². The summed E-state index contributed by atoms with van der Waals surface area (Å²) in [5.74, 6) is 0.659. The third-order valence-electron chi connectivity index (χ3n) is 6.03. The maximum Gasteiger partial charge on any atom is 0.273 e. The van der Waals surface area contributed by atoms with Gasteiger partial charge in [-0.25, -0.2) is 0 Å². The van der Waals surface area contributed by atoms with Crippen LogP contribution in [0.4, 0.5) is 5.69 Å². The van der Waals surface area contributed by atoms with E-state index in [1.807, 2.05) is 0 Å². The molecule has 1 amide bonds. The van der Waals surface area contributed by atoms with Gasteiger partial charge in [-0.15, -0.1) is 11.3 Å². The van der Waals surface area contributed by atoms with Crippen LogP contribution in [-0.2, 0) is 12.8 Å². The molecule has 1 aliphatic heterocycles. The molecule has 0 bridgehead atoms. The SMILES string of the molecule is O=C(NCCCN1CCN(c2ccccc2)CC1)c1noc2c1CCc1sccc1-2. The molecule has 1 aliphatic carbocycles. The molecule has 0 atom stereocenters. The minimum atomic E-state index is -0.118. The Balaban J connectivity index is 1.08. The third kappa shape index (κ3) is 3.87. The quantitative estimate of drug-likeness (QED) is 0.617. The standard InChI is InChI=1S/C23H26N4O2S/c28-23(21-19-7-8-20-18(9-16-30-20)22(19)29-25-21)24-10-4-11-26-12-14-27(15-13-26)17-5-2-1-3-6-17/h1-3,5-6,9,16H,4,7-8,10-15H2,(H,24,28). The molecule has 0 spiro atoms. The monoisotopic (exact) mass is 422 g/mol. The summed E-state index contributed by atoms with van der Waals surface area (Å²) in [4.78, 5) is 18.9. The topological polar surface area (TPSA) is 61.6 Å². The molecule has 7 heteroatoms. The number of aryl methyl sites for hydroxylation is 1. The van der Waals surface area contributed by atoms with Crippen LogP contribution < -0.4 is 10.2 Å². The molecule has 1 fully saturated rings. The van der Waals surface area contributed by atoms with E-state index in [4.69, 9.17) is 4.52 Å². The number of amides is 1. The molecule has 0 unspecified atom stereocenters. The van der Waals surface area contributed by atoms with Crippen LogP contribution in [0.2, 0.25) is 0 Å². The van der Waals surface area contributed by atoms with E-state index in [9.17, 15) is 4.79 Å². The number of carbonyl (C=O) groups is 1. The van der Waals surface area contributed by atoms with Crippen LogP contribution >= 0.6 is 11.3 Å². The molecule has 0 saturated carbocycles. The van der Waals surface area contributed by atoms with Crippen LogP contribution in [-0.4, -0.2) is 55.2 Å². The number of carbonyl (C=O) groups excluding carboxylic acids is 1. The summed E-state index contributed by atoms with van der Waals surface area (Å²) < 4.78 is 5.52. The van der Waals surface area contributed by atoms with Gasteiger partial charge in [0, 0.05) is 54.4 Å². The highest BCUT2D eigenvalue weighted by Crippen LogP contribution is 2.37. The number of hydrogen-bond donors (Lipinski definition) is 1. The zero-order chi connectivity index (χ0) is 20.3. The van der Waals surface area contributed by atoms with Crippen molar-refractivity contribution in [3.05, 3.63) is 57.9 Å². The van der Waals surface area contributed by atoms with Gasteiger partial charge in [0.15, 0.2) is 11.5 Å². The zero-order valence-electron chi connectivity index (χ0n) is 17.0. The van der Waals surface area contributed by atoms with Crippen LogP contribution in [0, 0.1) is 0 Å². The number of piperazine rings is 1. The molecule has 1 N–H and O–H groups in total. The first-order valence-corrected chi connectivity index (χ1v) is 11.5. The van der Waals surface area contributed by atoms with Crippen molar-refractivity contribution in [1.82, 2.24) is 15.4 Å². The number of anilines is 1. The van der Waals surface area contributed by atoms with Crippen molar-refractivity contribution in [2.24, 2.45) is 0 Å². The molecule has 2 aliphatic rings. The molecule has 1 saturated heterocycles. The lowest BCUT2D eigenvalue weighted by molar-refractivity contribution is 0.0941. The number of nitrogens with zero attached hydrogens (tertiary/aromatic N) is 3. The summed E-state index contributed by atoms with van der Waals surface area (Å²) in [5, 5.41) is 9.19. The lowest BCUT2D eigenvalue weighted by Gasteiger charge is -2.36. The molecule has 2 aromatic heterocycles. The van der Waals surface area contributed by atoms with Crippen molar-refractivity contribution in [3.8, 4) is 11.3 Å². The van der Waals surface area contributed by atoms with Crippen molar-refractivity contribution in [3.63, 3.8) is 0 Å². The molecule has 1 aromatic carbocycles. The Morgan fingerprint density at radius 2 is 1.93 bits per heavy atom. The predicted molar refractivity (Wildman–Crippen MR) is 119 cm³/mol. The van der Waals surface area contributed by atoms with Crippen molar-refractivity contribution >= 4 is 22.9 Å². The van der Waals surface area contributed by atoms with Gasteiger partial charge in [-0.1, -0.05) is 23.4 Å². The molecule has 156 valence electrons. The smallest absolute Gasteiger partial charge is 0.273 e. The number of rotatable bonds is 6. The second-order valence-corrected chi connectivity index (χ2v) is 8.87. The molecule has 3 aromatic rings. The number of benzene rings is 1. The summed E-state index contributed by atoms with van der Waals surface area (Å²) in [6.45, 7) is 5.87. The highest BCUT2D eigenvalue weighted by molar-refractivity contribution is 7.10. The lowest BCUT2D eigenvalue weighted by Crippen LogP contribution is -2.47. The number of fused-ring (bicyclic) bond motifs is 3. The largest absolute Gasteiger partial charge is 0.369 e. The first kappa shape index (κ1) is 19.3. The van der Waals surface area contributed by atoms with E-state index in [0.29, 0.717) is 12.2 Å². The van der Waals surface area contributed by atoms with Crippen LogP contribution in [0.25, 0.3) is 11.3 Å². The summed E-state index contributed by atoms with van der Waals surface area (Å²) in [7, 11) is 0. The molecular weight excluding hydrogens is 396 g/mol. The summed E-state index contributed by atoms with van der Waals surface area (Å²) in [5.41, 5.74) is 3.81. The third-order valence-corrected chi connectivity index (χ3v) is 7.01. The van der Waals surface area contributed by atoms with Crippen molar-refractivity contribution in [2.75, 3.05) is 44.2 Å². The Morgan fingerprint density at radius 1 is 1.10 bits per heavy atom. The number of thiophene rings is 1. The molecule has 3 heterocycles. The van der Waals surface area contributed by atoms with E-state index >= 15 is 0 Å². The summed E-state index contributed by atoms with van der Waals surface area (Å²) in [6, 6.07) is 12.6. The predicted octanol–water partition coefficient (Wildman–Crippen LogP) is 3.44. The minimum Gasteiger partial charge on any atom is -0.369 e. The van der Waals surface area contributed by atoms with Crippen LogP contribution in [0.1, 0.15) is 27.3 Å². The number of para-hydroxylation sites is 1. The highest BCUT2D eigenvalue weighted by Gasteiger charge is 2.28. The fourth-order valence-electron chi connectivity index (χ4n) is 4.36. The highest BCUT2D eigenvalue weighted by atomic mass is 32.1. The van der Waals surface area contributed by atoms with Crippen molar-refractivity contribution in [2.45, 2.75) is 19.3 Å². The van der Waals surface area contributed by atoms with Crippen LogP contribution in [0.5, 0.6) is 0 Å². The Bertz CT molecular complexity index is 1010. The van der Waals surface area contributed by atoms with Crippen molar-refractivity contribution in [1.29, 1.82) is 0 Å². The Morgan fingerprint density at radius 3 is 2.77 bits per heavy atom. The van der Waals surface area contributed by atoms with E-state index in [-0.39, 0.29) is 5.91 Å². The fraction of sp³-hybridized carbons (Fsp3) is 0.391. The Kier molecular flexibility index (Phi) is 5.55. The maximum absolute atomic E-state index is 12.6. The first-order valence-electron chi connectivity index (χ1n) is 10.7. The molecule has 5 rings (SSSR count). The maximum atomic E-state index is 12.6. The summed E-state index contributed by atoms with van der Waals surface area (Å²) >= 11 is 1.74. The lowest BCUT2D eigenvalue weighted by atomic mass is 9.95. The minimum absolute atomic E-state index is 0.118. The van der Waals surface area contributed by atoms with Gasteiger partial charge in [0.2, 0.25) is 0 Å². The molecule has 30 heavy (non-hydrogen) atoms. The van der Waals surface area contributed by atoms with Crippen LogP contribution in [0.3, 0.4) is 0 Å². The molecular formula is C23H26N4O2S. The number of nitrogens with one attached hydrogen (secondary N) is 1. The fourth-order valence-corrected chi connectivity index (χ4v) is 5.24. The first-order chi connectivity index (χ1) is 14.8. The van der Waals surface area contributed by atoms with E-state index in [1.165, 1.54) is 10.6 Å². The summed E-state index contributed by atoms with van der Waals surface area (Å²) in [6.07, 6.45) is 2.71. The van der Waals surface area contributed by atoms with E-state index in [1.54, 1.807) is 11.3 Å². The normalized spacial score (nSPS) is 16.2. The van der Waals surface area contributed by atoms with Gasteiger partial charge in [0.25, 0.3) is 5.91 Å². The van der Waals surface area contributed by atoms with Gasteiger partial charge < -0.3 is 14.7 Å².